The molecular formula is C47H41N3O. The normalized spacial score (nSPS) is 17.0. The summed E-state index contributed by atoms with van der Waals surface area (Å²) in [6, 6.07) is 34.7. The SMILES string of the molecule is C/C=c1\c(=C/C)oc2c(-c3c(-c4ccccc4)nn(-c4ccccc4)c3C3=CCC=C3)cc(N3C4=C(C=CCC4)C(C)(C)c4ccccc43)cc12. The van der Waals surface area contributed by atoms with Crippen LogP contribution in [0, 0.1) is 0 Å². The number of rotatable bonds is 5. The molecule has 0 bridgehead atoms. The van der Waals surface area contributed by atoms with E-state index in [1.807, 2.05) is 0 Å². The molecule has 4 nitrogen and oxygen atoms in total. The Kier molecular flexibility index (Phi) is 7.43. The van der Waals surface area contributed by atoms with Crippen molar-refractivity contribution >= 4 is 40.1 Å². The highest BCUT2D eigenvalue weighted by Crippen LogP contribution is 2.52. The summed E-state index contributed by atoms with van der Waals surface area (Å²) in [4.78, 5) is 2.53. The van der Waals surface area contributed by atoms with Crippen molar-refractivity contribution in [3.8, 4) is 28.1 Å². The zero-order valence-corrected chi connectivity index (χ0v) is 29.7. The molecule has 4 heteroatoms. The minimum atomic E-state index is -0.111. The number of nitrogens with zero attached hydrogens (tertiary/aromatic N) is 3. The number of hydrogen-bond acceptors (Lipinski definition) is 3. The molecule has 0 unspecified atom stereocenters. The summed E-state index contributed by atoms with van der Waals surface area (Å²) in [5.41, 5.74) is 15.4. The number of allylic oxidation sites excluding steroid dienone is 8. The molecule has 4 aromatic carbocycles. The van der Waals surface area contributed by atoms with E-state index in [4.69, 9.17) is 9.52 Å². The molecule has 9 rings (SSSR count). The lowest BCUT2D eigenvalue weighted by Gasteiger charge is -2.44. The highest BCUT2D eigenvalue weighted by Gasteiger charge is 2.39. The molecule has 0 spiro atoms. The van der Waals surface area contributed by atoms with E-state index in [1.54, 1.807) is 0 Å². The number of benzene rings is 4. The third kappa shape index (κ3) is 4.85. The van der Waals surface area contributed by atoms with Crippen molar-refractivity contribution in [2.75, 3.05) is 4.90 Å². The van der Waals surface area contributed by atoms with Gasteiger partial charge in [-0.05, 0) is 86.2 Å². The molecule has 0 saturated carbocycles. The van der Waals surface area contributed by atoms with Gasteiger partial charge in [-0.15, -0.1) is 0 Å². The van der Waals surface area contributed by atoms with Crippen LogP contribution in [0.4, 0.5) is 11.4 Å². The first-order valence-corrected chi connectivity index (χ1v) is 18.1. The van der Waals surface area contributed by atoms with Crippen molar-refractivity contribution in [2.45, 2.75) is 52.4 Å². The molecule has 2 aliphatic carbocycles. The van der Waals surface area contributed by atoms with Gasteiger partial charge in [-0.1, -0.05) is 117 Å². The Balaban J connectivity index is 1.44. The molecule has 0 amide bonds. The smallest absolute Gasteiger partial charge is 0.143 e. The summed E-state index contributed by atoms with van der Waals surface area (Å²) in [7, 11) is 0. The zero-order valence-electron chi connectivity index (χ0n) is 29.7. The summed E-state index contributed by atoms with van der Waals surface area (Å²) < 4.78 is 9.03. The van der Waals surface area contributed by atoms with Crippen LogP contribution in [0.2, 0.25) is 0 Å². The van der Waals surface area contributed by atoms with Crippen LogP contribution in [0.15, 0.2) is 143 Å². The predicted molar refractivity (Wildman–Crippen MR) is 212 cm³/mol. The van der Waals surface area contributed by atoms with Gasteiger partial charge in [0.25, 0.3) is 0 Å². The fourth-order valence-corrected chi connectivity index (χ4v) is 8.41. The van der Waals surface area contributed by atoms with Crippen molar-refractivity contribution in [1.82, 2.24) is 9.78 Å². The Morgan fingerprint density at radius 1 is 0.804 bits per heavy atom. The molecule has 6 aromatic rings. The van der Waals surface area contributed by atoms with Gasteiger partial charge in [0.2, 0.25) is 0 Å². The average Bonchev–Trinajstić information content (AvgIpc) is 3.93. The van der Waals surface area contributed by atoms with Gasteiger partial charge in [0.15, 0.2) is 0 Å². The lowest BCUT2D eigenvalue weighted by atomic mass is 9.71. The highest BCUT2D eigenvalue weighted by atomic mass is 16.3. The molecule has 0 radical (unpaired) electrons. The maximum absolute atomic E-state index is 6.90. The molecule has 3 aliphatic rings. The van der Waals surface area contributed by atoms with Gasteiger partial charge in [-0.25, -0.2) is 4.68 Å². The molecule has 0 fully saturated rings. The molecule has 51 heavy (non-hydrogen) atoms. The topological polar surface area (TPSA) is 34.2 Å². The van der Waals surface area contributed by atoms with Gasteiger partial charge in [0, 0.05) is 49.8 Å². The second-order valence-corrected chi connectivity index (χ2v) is 14.1. The van der Waals surface area contributed by atoms with Crippen molar-refractivity contribution in [1.29, 1.82) is 0 Å². The molecule has 0 saturated heterocycles. The van der Waals surface area contributed by atoms with Gasteiger partial charge >= 0.3 is 0 Å². The molecule has 1 aliphatic heterocycles. The molecule has 250 valence electrons. The van der Waals surface area contributed by atoms with Crippen LogP contribution in [0.3, 0.4) is 0 Å². The largest absolute Gasteiger partial charge is 0.456 e. The van der Waals surface area contributed by atoms with Crippen LogP contribution in [-0.4, -0.2) is 9.78 Å². The van der Waals surface area contributed by atoms with E-state index < -0.39 is 0 Å². The van der Waals surface area contributed by atoms with E-state index in [-0.39, 0.29) is 5.41 Å². The highest BCUT2D eigenvalue weighted by molar-refractivity contribution is 6.04. The van der Waals surface area contributed by atoms with Crippen molar-refractivity contribution in [3.63, 3.8) is 0 Å². The second-order valence-electron chi connectivity index (χ2n) is 14.1. The molecule has 0 atom stereocenters. The fraction of sp³-hybridized carbons (Fsp3) is 0.170. The Morgan fingerprint density at radius 2 is 1.57 bits per heavy atom. The minimum absolute atomic E-state index is 0.111. The lowest BCUT2D eigenvalue weighted by molar-refractivity contribution is 0.575. The minimum Gasteiger partial charge on any atom is -0.456 e. The van der Waals surface area contributed by atoms with E-state index in [1.165, 1.54) is 22.5 Å². The van der Waals surface area contributed by atoms with Gasteiger partial charge in [0.05, 0.1) is 11.4 Å². The third-order valence-electron chi connectivity index (χ3n) is 10.8. The number of para-hydroxylation sites is 2. The van der Waals surface area contributed by atoms with Crippen LogP contribution in [0.1, 0.15) is 58.2 Å². The number of furan rings is 1. The van der Waals surface area contributed by atoms with Crippen molar-refractivity contribution < 1.29 is 4.42 Å². The van der Waals surface area contributed by atoms with Crippen molar-refractivity contribution in [2.24, 2.45) is 0 Å². The van der Waals surface area contributed by atoms with Crippen molar-refractivity contribution in [3.05, 3.63) is 161 Å². The monoisotopic (exact) mass is 663 g/mol. The Hall–Kier alpha value is -5.87. The first kappa shape index (κ1) is 31.1. The van der Waals surface area contributed by atoms with Gasteiger partial charge in [0.1, 0.15) is 16.7 Å². The predicted octanol–water partition coefficient (Wildman–Crippen LogP) is 10.9. The standard InChI is InChI=1S/C47H41N3O/c1-5-35-36-29-34(49-40-27-17-15-25-38(40)47(3,4)39-26-16-18-28-41(39)49)30-37(46(36)51-42(35)6-2)43-44(31-19-9-7-10-20-31)48-50(33-23-11-8-12-24-33)45(43)32-21-13-14-22-32/h5-13,15-17,19-27,29-30H,14,18,28H2,1-4H3/b35-5-,42-6+. The molecular weight excluding hydrogens is 623 g/mol. The maximum Gasteiger partial charge on any atom is 0.143 e. The van der Waals surface area contributed by atoms with Gasteiger partial charge < -0.3 is 9.32 Å². The van der Waals surface area contributed by atoms with Crippen LogP contribution >= 0.6 is 0 Å². The zero-order chi connectivity index (χ0) is 34.7. The quantitative estimate of drug-likeness (QED) is 0.184. The van der Waals surface area contributed by atoms with Crippen LogP contribution in [-0.2, 0) is 5.41 Å². The Morgan fingerprint density at radius 3 is 2.31 bits per heavy atom. The van der Waals surface area contributed by atoms with Gasteiger partial charge in [-0.3, -0.25) is 0 Å². The average molecular weight is 664 g/mol. The lowest BCUT2D eigenvalue weighted by Crippen LogP contribution is -2.34. The summed E-state index contributed by atoms with van der Waals surface area (Å²) in [5.74, 6) is 0. The van der Waals surface area contributed by atoms with Crippen LogP contribution in [0.5, 0.6) is 0 Å². The number of fused-ring (bicyclic) bond motifs is 2. The number of anilines is 2. The second kappa shape index (κ2) is 12.2. The summed E-state index contributed by atoms with van der Waals surface area (Å²) in [6.07, 6.45) is 18.6. The Labute approximate surface area is 299 Å². The molecule has 2 aromatic heterocycles. The molecule has 0 N–H and O–H groups in total. The van der Waals surface area contributed by atoms with Crippen LogP contribution < -0.4 is 15.5 Å². The van der Waals surface area contributed by atoms with E-state index in [9.17, 15) is 0 Å². The first-order chi connectivity index (χ1) is 25.0. The van der Waals surface area contributed by atoms with Crippen LogP contribution in [0.25, 0.3) is 56.8 Å². The summed E-state index contributed by atoms with van der Waals surface area (Å²) in [5, 5.41) is 7.67. The third-order valence-corrected chi connectivity index (χ3v) is 10.8. The maximum atomic E-state index is 6.90. The molecule has 3 heterocycles. The van der Waals surface area contributed by atoms with Gasteiger partial charge in [-0.2, -0.15) is 5.10 Å². The number of aromatic nitrogens is 2. The van der Waals surface area contributed by atoms with E-state index in [0.717, 1.165) is 85.9 Å². The van der Waals surface area contributed by atoms with E-state index >= 15 is 0 Å². The van der Waals surface area contributed by atoms with E-state index in [2.05, 4.69) is 177 Å². The summed E-state index contributed by atoms with van der Waals surface area (Å²) in [6.45, 7) is 8.90. The fourth-order valence-electron chi connectivity index (χ4n) is 8.41. The summed E-state index contributed by atoms with van der Waals surface area (Å²) >= 11 is 0. The Bertz CT molecular complexity index is 2590. The first-order valence-electron chi connectivity index (χ1n) is 18.1. The van der Waals surface area contributed by atoms with E-state index in [0.29, 0.717) is 0 Å². The number of hydrogen-bond donors (Lipinski definition) is 0.